The minimum atomic E-state index is -5.95. The Morgan fingerprint density at radius 1 is 1.00 bits per heavy atom. The van der Waals surface area contributed by atoms with E-state index in [-0.39, 0.29) is 49.3 Å². The molecular formula is C26H38N7O20P3-4. The summed E-state index contributed by atoms with van der Waals surface area (Å²) in [5.41, 5.74) is 3.96. The summed E-state index contributed by atoms with van der Waals surface area (Å²) in [7, 11) is -17.7. The third-order valence-electron chi connectivity index (χ3n) is 7.75. The molecule has 3 heterocycles. The number of nitrogens with one attached hydrogen (secondary N) is 2. The summed E-state index contributed by atoms with van der Waals surface area (Å²) in [4.78, 5) is 106. The van der Waals surface area contributed by atoms with E-state index in [0.29, 0.717) is 0 Å². The number of nitrogens with two attached hydrogens (primary N) is 1. The van der Waals surface area contributed by atoms with E-state index in [0.717, 1.165) is 31.1 Å². The fourth-order valence-corrected chi connectivity index (χ4v) is 7.57. The van der Waals surface area contributed by atoms with Crippen LogP contribution in [0.3, 0.4) is 0 Å². The molecule has 2 aromatic rings. The zero-order chi connectivity index (χ0) is 42.2. The van der Waals surface area contributed by atoms with Gasteiger partial charge in [-0.3, -0.25) is 32.9 Å². The molecule has 0 aromatic carbocycles. The number of anilines is 1. The Morgan fingerprint density at radius 2 is 1.64 bits per heavy atom. The van der Waals surface area contributed by atoms with Gasteiger partial charge in [0.15, 0.2) is 23.5 Å². The van der Waals surface area contributed by atoms with Crippen LogP contribution in [0.15, 0.2) is 12.7 Å². The van der Waals surface area contributed by atoms with Crippen LogP contribution in [0.5, 0.6) is 0 Å². The number of imidazole rings is 1. The second-order valence-electron chi connectivity index (χ2n) is 12.6. The molecule has 8 atom stereocenters. The highest BCUT2D eigenvalue weighted by atomic mass is 31.3. The second-order valence-corrected chi connectivity index (χ2v) is 16.7. The van der Waals surface area contributed by atoms with E-state index in [4.69, 9.17) is 15.6 Å². The summed E-state index contributed by atoms with van der Waals surface area (Å²) in [6.07, 6.45) is -10.5. The molecular weight excluding hydrogens is 823 g/mol. The molecule has 30 heteroatoms. The van der Waals surface area contributed by atoms with Crippen molar-refractivity contribution in [3.63, 3.8) is 0 Å². The van der Waals surface area contributed by atoms with Gasteiger partial charge in [-0.1, -0.05) is 13.8 Å². The number of ether oxygens (including phenoxy) is 1. The first-order chi connectivity index (χ1) is 25.8. The lowest BCUT2D eigenvalue weighted by Crippen LogP contribution is -2.46. The lowest BCUT2D eigenvalue weighted by Gasteiger charge is -2.36. The number of aliphatic carboxylic acids is 1. The van der Waals surface area contributed by atoms with Gasteiger partial charge in [-0.25, -0.2) is 19.3 Å². The number of carbonyl (C=O) groups excluding carboxylic acids is 3. The van der Waals surface area contributed by atoms with E-state index in [1.165, 1.54) is 0 Å². The molecule has 1 aliphatic heterocycles. The second kappa shape index (κ2) is 19.4. The number of aliphatic hydroxyl groups excluding tert-OH is 3. The predicted molar refractivity (Wildman–Crippen MR) is 173 cm³/mol. The van der Waals surface area contributed by atoms with E-state index in [2.05, 4.69) is 43.5 Å². The molecule has 0 bridgehead atoms. The third-order valence-corrected chi connectivity index (χ3v) is 10.8. The van der Waals surface area contributed by atoms with Gasteiger partial charge in [0, 0.05) is 37.8 Å². The molecule has 3 rings (SSSR count). The number of amides is 2. The van der Waals surface area contributed by atoms with Crippen LogP contribution >= 0.6 is 23.5 Å². The molecule has 1 aliphatic rings. The van der Waals surface area contributed by atoms with Crippen molar-refractivity contribution in [2.75, 3.05) is 32.0 Å². The van der Waals surface area contributed by atoms with E-state index < -0.39 is 109 Å². The highest BCUT2D eigenvalue weighted by molar-refractivity contribution is 7.59. The predicted octanol–water partition coefficient (Wildman–Crippen LogP) is -4.94. The zero-order valence-electron chi connectivity index (χ0n) is 29.3. The van der Waals surface area contributed by atoms with Gasteiger partial charge in [0.1, 0.15) is 42.4 Å². The Hall–Kier alpha value is -3.36. The number of aliphatic hydroxyl groups is 3. The van der Waals surface area contributed by atoms with Crippen LogP contribution in [0.1, 0.15) is 45.8 Å². The maximum absolute atomic E-state index is 12.5. The molecule has 8 unspecified atom stereocenters. The summed E-state index contributed by atoms with van der Waals surface area (Å²) >= 11 is 0. The van der Waals surface area contributed by atoms with E-state index in [1.807, 2.05) is 0 Å². The average molecular weight is 862 g/mol. The number of carboxylic acids is 1. The van der Waals surface area contributed by atoms with E-state index >= 15 is 0 Å². The molecule has 2 amide bonds. The maximum atomic E-state index is 12.5. The molecule has 0 aliphatic carbocycles. The molecule has 8 N–H and O–H groups in total. The Bertz CT molecular complexity index is 1880. The van der Waals surface area contributed by atoms with Crippen molar-refractivity contribution in [1.82, 2.24) is 30.2 Å². The van der Waals surface area contributed by atoms with Crippen molar-refractivity contribution >= 4 is 64.0 Å². The number of aromatic nitrogens is 4. The van der Waals surface area contributed by atoms with Crippen molar-refractivity contribution in [3.8, 4) is 0 Å². The van der Waals surface area contributed by atoms with E-state index in [1.54, 1.807) is 0 Å². The monoisotopic (exact) mass is 861 g/mol. The van der Waals surface area contributed by atoms with Gasteiger partial charge in [-0.05, 0) is 6.42 Å². The lowest BCUT2D eigenvalue weighted by atomic mass is 9.87. The molecule has 1 saturated heterocycles. The Labute approximate surface area is 316 Å². The number of rotatable bonds is 23. The van der Waals surface area contributed by atoms with Crippen LogP contribution < -0.4 is 35.9 Å². The van der Waals surface area contributed by atoms with E-state index in [9.17, 15) is 67.8 Å². The van der Waals surface area contributed by atoms with Crippen molar-refractivity contribution in [1.29, 1.82) is 0 Å². The van der Waals surface area contributed by atoms with Gasteiger partial charge < -0.3 is 79.2 Å². The quantitative estimate of drug-likeness (QED) is 0.0515. The summed E-state index contributed by atoms with van der Waals surface area (Å²) in [5.74, 6) is -3.73. The fraction of sp³-hybridized carbons (Fsp3) is 0.654. The van der Waals surface area contributed by atoms with Gasteiger partial charge in [0.25, 0.3) is 15.6 Å². The molecule has 2 aromatic heterocycles. The smallest absolute Gasteiger partial charge is 0.303 e. The number of fused-ring (bicyclic) bond motifs is 1. The van der Waals surface area contributed by atoms with Crippen LogP contribution in [0.4, 0.5) is 5.82 Å². The molecule has 0 saturated carbocycles. The first kappa shape index (κ1) is 47.0. The number of phosphoric ester groups is 3. The fourth-order valence-electron chi connectivity index (χ4n) is 4.83. The molecule has 316 valence electrons. The number of carboxylic acid groups (broad SMARTS) is 1. The summed E-state index contributed by atoms with van der Waals surface area (Å²) in [6, 6.07) is 0. The van der Waals surface area contributed by atoms with Gasteiger partial charge in [-0.2, -0.15) is 0 Å². The average Bonchev–Trinajstić information content (AvgIpc) is 3.65. The van der Waals surface area contributed by atoms with Crippen molar-refractivity contribution in [2.45, 2.75) is 76.3 Å². The van der Waals surface area contributed by atoms with Crippen LogP contribution in [0.2, 0.25) is 0 Å². The first-order valence-corrected chi connectivity index (χ1v) is 20.4. The Kier molecular flexibility index (Phi) is 16.3. The Morgan fingerprint density at radius 3 is 2.29 bits per heavy atom. The first-order valence-electron chi connectivity index (χ1n) is 16.1. The minimum absolute atomic E-state index is 0.0266. The van der Waals surface area contributed by atoms with Crippen molar-refractivity contribution < 1.29 is 95.5 Å². The maximum Gasteiger partial charge on any atom is 0.303 e. The summed E-state index contributed by atoms with van der Waals surface area (Å²) in [6.45, 7) is -0.594. The molecule has 1 fully saturated rings. The number of nitrogen functional groups attached to an aromatic ring is 1. The van der Waals surface area contributed by atoms with Gasteiger partial charge in [-0.15, -0.1) is 0 Å². The number of ketones is 1. The van der Waals surface area contributed by atoms with Crippen LogP contribution in [0.25, 0.3) is 11.2 Å². The van der Waals surface area contributed by atoms with Crippen LogP contribution in [0, 0.1) is 5.41 Å². The third kappa shape index (κ3) is 13.9. The molecule has 56 heavy (non-hydrogen) atoms. The van der Waals surface area contributed by atoms with Crippen molar-refractivity contribution in [3.05, 3.63) is 12.7 Å². The van der Waals surface area contributed by atoms with Gasteiger partial charge in [0.2, 0.25) is 11.8 Å². The number of hydrogen-bond acceptors (Lipinski definition) is 23. The summed E-state index contributed by atoms with van der Waals surface area (Å²) in [5, 5.41) is 44.0. The highest BCUT2D eigenvalue weighted by Gasteiger charge is 2.47. The van der Waals surface area contributed by atoms with Crippen LogP contribution in [-0.2, 0) is 55.5 Å². The standard InChI is InChI=1S/C26H42N7O20P3/c1-26(2,21(40)24(41)29-8-6-16(36)28-7-5-14(35)13(34)3-4-17(37)38)10-50-56(47,48)53-55(45,46)49-9-15-20(52-54(42,43)44)19(39)25(51-15)33-12-32-18-22(27)30-11-31-23(18)33/h11-13,15,19-21,25,34,39-40H,3-10H2,1-2H3,(H,28,36)(H,29,41)(H,37,38)(H,45,46)(H,47,48)(H2,27,30,31)(H2,42,43,44)/p-4. The number of nitrogens with zero attached hydrogens (tertiary/aromatic N) is 4. The molecule has 0 spiro atoms. The zero-order valence-corrected chi connectivity index (χ0v) is 32.0. The number of phosphoric acid groups is 3. The highest BCUT2D eigenvalue weighted by Crippen LogP contribution is 2.56. The Balaban J connectivity index is 1.49. The summed E-state index contributed by atoms with van der Waals surface area (Å²) < 4.78 is 60.2. The molecule has 27 nitrogen and oxygen atoms in total. The lowest BCUT2D eigenvalue weighted by molar-refractivity contribution is -0.347. The van der Waals surface area contributed by atoms with Crippen LogP contribution in [-0.4, -0.2) is 120 Å². The largest absolute Gasteiger partial charge is 0.790 e. The number of Topliss-reactive ketones (excluding diaryl/α,β-unsaturated/α-hetero) is 1. The SMILES string of the molecule is CC(C)(COP(=O)([O-])OP(=O)([O-])OCC1OC(n2cnc3c(N)ncnc32)C(O)C1OP(=O)([O-])[O-])C(O)C(=O)NCCC(=O)NCCC(=O)C(O)CCC(=O)O. The molecule has 0 radical (unpaired) electrons. The number of carbonyl (C=O) groups is 4. The number of hydrogen-bond donors (Lipinski definition) is 7. The minimum Gasteiger partial charge on any atom is -0.790 e. The topological polar surface area (TPSA) is 432 Å². The van der Waals surface area contributed by atoms with Gasteiger partial charge in [0.05, 0.1) is 27.4 Å². The normalized spacial score (nSPS) is 22.2. The van der Waals surface area contributed by atoms with Gasteiger partial charge >= 0.3 is 5.97 Å². The van der Waals surface area contributed by atoms with Crippen molar-refractivity contribution in [2.24, 2.45) is 5.41 Å².